The fraction of sp³-hybridized carbons (Fsp3) is 0.400. The number of nitrogens with one attached hydrogen (secondary N) is 1. The van der Waals surface area contributed by atoms with E-state index in [1.807, 2.05) is 0 Å². The summed E-state index contributed by atoms with van der Waals surface area (Å²) in [5.74, 6) is -1.31. The number of carboxylic acid groups (broad SMARTS) is 1. The highest BCUT2D eigenvalue weighted by Gasteiger charge is 2.17. The molecule has 0 amide bonds. The molecule has 0 aromatic carbocycles. The highest BCUT2D eigenvalue weighted by atomic mass is 32.2. The van der Waals surface area contributed by atoms with Crippen LogP contribution in [0.2, 0.25) is 0 Å². The van der Waals surface area contributed by atoms with Crippen molar-refractivity contribution in [3.63, 3.8) is 0 Å². The lowest BCUT2D eigenvalue weighted by atomic mass is 10.2. The van der Waals surface area contributed by atoms with Crippen LogP contribution >= 0.6 is 0 Å². The number of rotatable bonds is 5. The van der Waals surface area contributed by atoms with E-state index < -0.39 is 16.0 Å². The predicted molar refractivity (Wildman–Crippen MR) is 63.4 cm³/mol. The molecular formula is C10H14N2O4S. The summed E-state index contributed by atoms with van der Waals surface area (Å²) < 4.78 is 25.5. The fourth-order valence-electron chi connectivity index (χ4n) is 1.31. The standard InChI is InChI=1S/C10H14N2O4S/c1-7(2)6-17(15,16)12-9-5-11-4-3-8(9)10(13)14/h3-5,7,12H,6H2,1-2H3,(H,13,14). The maximum Gasteiger partial charge on any atom is 0.337 e. The van der Waals surface area contributed by atoms with Crippen molar-refractivity contribution in [2.75, 3.05) is 10.5 Å². The minimum Gasteiger partial charge on any atom is -0.478 e. The van der Waals surface area contributed by atoms with E-state index in [2.05, 4.69) is 9.71 Å². The van der Waals surface area contributed by atoms with Crippen molar-refractivity contribution in [1.82, 2.24) is 4.98 Å². The number of nitrogens with zero attached hydrogens (tertiary/aromatic N) is 1. The van der Waals surface area contributed by atoms with Crippen LogP contribution in [0.25, 0.3) is 0 Å². The summed E-state index contributed by atoms with van der Waals surface area (Å²) >= 11 is 0. The summed E-state index contributed by atoms with van der Waals surface area (Å²) in [6, 6.07) is 1.25. The predicted octanol–water partition coefficient (Wildman–Crippen LogP) is 1.18. The third kappa shape index (κ3) is 4.03. The molecule has 1 rings (SSSR count). The van der Waals surface area contributed by atoms with Gasteiger partial charge in [-0.1, -0.05) is 13.8 Å². The second kappa shape index (κ2) is 5.13. The van der Waals surface area contributed by atoms with Crippen LogP contribution in [0, 0.1) is 5.92 Å². The van der Waals surface area contributed by atoms with Crippen LogP contribution < -0.4 is 4.72 Å². The molecule has 0 unspecified atom stereocenters. The van der Waals surface area contributed by atoms with E-state index in [4.69, 9.17) is 5.11 Å². The average molecular weight is 258 g/mol. The van der Waals surface area contributed by atoms with Crippen LogP contribution in [0.5, 0.6) is 0 Å². The van der Waals surface area contributed by atoms with Crippen LogP contribution in [0.4, 0.5) is 5.69 Å². The van der Waals surface area contributed by atoms with Crippen molar-refractivity contribution in [3.8, 4) is 0 Å². The van der Waals surface area contributed by atoms with Gasteiger partial charge in [-0.3, -0.25) is 9.71 Å². The van der Waals surface area contributed by atoms with Gasteiger partial charge in [0.05, 0.1) is 23.2 Å². The number of pyridine rings is 1. The fourth-order valence-corrected chi connectivity index (χ4v) is 2.77. The van der Waals surface area contributed by atoms with Crippen LogP contribution in [0.1, 0.15) is 24.2 Å². The largest absolute Gasteiger partial charge is 0.478 e. The number of aromatic nitrogens is 1. The van der Waals surface area contributed by atoms with Crippen molar-refractivity contribution in [3.05, 3.63) is 24.0 Å². The number of sulfonamides is 1. The molecule has 7 heteroatoms. The van der Waals surface area contributed by atoms with Gasteiger partial charge in [0, 0.05) is 6.20 Å². The van der Waals surface area contributed by atoms with Gasteiger partial charge in [0.2, 0.25) is 10.0 Å². The van der Waals surface area contributed by atoms with Crippen LogP contribution in [0.15, 0.2) is 18.5 Å². The molecule has 1 aromatic heterocycles. The van der Waals surface area contributed by atoms with E-state index in [9.17, 15) is 13.2 Å². The molecule has 0 aliphatic heterocycles. The van der Waals surface area contributed by atoms with Gasteiger partial charge >= 0.3 is 5.97 Å². The van der Waals surface area contributed by atoms with Gasteiger partial charge < -0.3 is 5.11 Å². The lowest BCUT2D eigenvalue weighted by molar-refractivity contribution is 0.0698. The van der Waals surface area contributed by atoms with Gasteiger partial charge in [-0.2, -0.15) is 0 Å². The number of hydrogen-bond donors (Lipinski definition) is 2. The van der Waals surface area contributed by atoms with Crippen LogP contribution in [0.3, 0.4) is 0 Å². The number of carbonyl (C=O) groups is 1. The monoisotopic (exact) mass is 258 g/mol. The zero-order valence-electron chi connectivity index (χ0n) is 9.54. The Balaban J connectivity index is 3.00. The first kappa shape index (κ1) is 13.4. The van der Waals surface area contributed by atoms with E-state index in [1.165, 1.54) is 18.5 Å². The molecule has 0 aliphatic carbocycles. The van der Waals surface area contributed by atoms with E-state index in [1.54, 1.807) is 13.8 Å². The first-order chi connectivity index (χ1) is 7.82. The number of aromatic carboxylic acids is 1. The highest BCUT2D eigenvalue weighted by Crippen LogP contribution is 2.15. The maximum atomic E-state index is 11.7. The molecule has 2 N–H and O–H groups in total. The Morgan fingerprint density at radius 2 is 2.18 bits per heavy atom. The lowest BCUT2D eigenvalue weighted by Gasteiger charge is -2.11. The van der Waals surface area contributed by atoms with Gasteiger partial charge in [0.1, 0.15) is 0 Å². The third-order valence-electron chi connectivity index (χ3n) is 1.87. The molecule has 17 heavy (non-hydrogen) atoms. The molecule has 94 valence electrons. The van der Waals surface area contributed by atoms with Crippen LogP contribution in [-0.4, -0.2) is 30.2 Å². The van der Waals surface area contributed by atoms with Gasteiger partial charge in [0.25, 0.3) is 0 Å². The van der Waals surface area contributed by atoms with Crippen molar-refractivity contribution in [2.24, 2.45) is 5.92 Å². The smallest absolute Gasteiger partial charge is 0.337 e. The first-order valence-electron chi connectivity index (χ1n) is 4.99. The molecule has 0 saturated carbocycles. The Labute approximate surface area is 99.7 Å². The van der Waals surface area contributed by atoms with Gasteiger partial charge in [-0.15, -0.1) is 0 Å². The van der Waals surface area contributed by atoms with Crippen molar-refractivity contribution < 1.29 is 18.3 Å². The Hall–Kier alpha value is -1.63. The van der Waals surface area contributed by atoms with E-state index >= 15 is 0 Å². The van der Waals surface area contributed by atoms with E-state index in [0.29, 0.717) is 0 Å². The molecule has 1 aromatic rings. The SMILES string of the molecule is CC(C)CS(=O)(=O)Nc1cnccc1C(=O)O. The second-order valence-electron chi connectivity index (χ2n) is 4.00. The molecular weight excluding hydrogens is 244 g/mol. The maximum absolute atomic E-state index is 11.7. The molecule has 0 fully saturated rings. The zero-order chi connectivity index (χ0) is 13.1. The molecule has 0 aliphatic rings. The molecule has 0 bridgehead atoms. The van der Waals surface area contributed by atoms with Crippen molar-refractivity contribution in [2.45, 2.75) is 13.8 Å². The number of carboxylic acids is 1. The number of hydrogen-bond acceptors (Lipinski definition) is 4. The zero-order valence-corrected chi connectivity index (χ0v) is 10.4. The first-order valence-corrected chi connectivity index (χ1v) is 6.65. The lowest BCUT2D eigenvalue weighted by Crippen LogP contribution is -2.21. The van der Waals surface area contributed by atoms with E-state index in [-0.39, 0.29) is 22.9 Å². The van der Waals surface area contributed by atoms with Gasteiger partial charge in [0.15, 0.2) is 0 Å². The average Bonchev–Trinajstić information content (AvgIpc) is 2.14. The summed E-state index contributed by atoms with van der Waals surface area (Å²) in [7, 11) is -3.54. The molecule has 6 nitrogen and oxygen atoms in total. The van der Waals surface area contributed by atoms with Crippen molar-refractivity contribution in [1.29, 1.82) is 0 Å². The normalized spacial score (nSPS) is 11.5. The molecule has 0 saturated heterocycles. The molecule has 0 radical (unpaired) electrons. The molecule has 1 heterocycles. The highest BCUT2D eigenvalue weighted by molar-refractivity contribution is 7.92. The molecule has 0 spiro atoms. The Bertz CT molecular complexity index is 511. The topological polar surface area (TPSA) is 96.4 Å². The Kier molecular flexibility index (Phi) is 4.06. The number of anilines is 1. The van der Waals surface area contributed by atoms with Gasteiger partial charge in [-0.25, -0.2) is 13.2 Å². The van der Waals surface area contributed by atoms with Crippen molar-refractivity contribution >= 4 is 21.7 Å². The summed E-state index contributed by atoms with van der Waals surface area (Å²) in [4.78, 5) is 14.6. The Morgan fingerprint density at radius 1 is 1.53 bits per heavy atom. The van der Waals surface area contributed by atoms with Gasteiger partial charge in [-0.05, 0) is 12.0 Å². The summed E-state index contributed by atoms with van der Waals surface area (Å²) in [5.41, 5.74) is -0.131. The quantitative estimate of drug-likeness (QED) is 0.826. The molecule has 0 atom stereocenters. The summed E-state index contributed by atoms with van der Waals surface area (Å²) in [5, 5.41) is 8.88. The van der Waals surface area contributed by atoms with E-state index in [0.717, 1.165) is 0 Å². The summed E-state index contributed by atoms with van der Waals surface area (Å²) in [6.45, 7) is 3.53. The minimum absolute atomic E-state index is 0.0133. The second-order valence-corrected chi connectivity index (χ2v) is 5.77. The van der Waals surface area contributed by atoms with Crippen LogP contribution in [-0.2, 0) is 10.0 Å². The minimum atomic E-state index is -3.54. The summed E-state index contributed by atoms with van der Waals surface area (Å²) in [6.07, 6.45) is 2.48. The Morgan fingerprint density at radius 3 is 2.71 bits per heavy atom. The third-order valence-corrected chi connectivity index (χ3v) is 3.51.